The predicted octanol–water partition coefficient (Wildman–Crippen LogP) is 0.810. The van der Waals surface area contributed by atoms with Crippen molar-refractivity contribution in [2.45, 2.75) is 13.8 Å². The van der Waals surface area contributed by atoms with Crippen molar-refractivity contribution in [3.63, 3.8) is 0 Å². The molecule has 0 aliphatic rings. The molecule has 0 aliphatic heterocycles. The minimum Gasteiger partial charge on any atom is -0.382 e. The number of nitrogens with zero attached hydrogens (tertiary/aromatic N) is 1. The molecule has 3 heteroatoms. The normalized spacial score (nSPS) is 9.50. The number of rotatable bonds is 5. The molecule has 0 atom stereocenters. The fourth-order valence-corrected chi connectivity index (χ4v) is 0.540. The molecule has 0 saturated heterocycles. The summed E-state index contributed by atoms with van der Waals surface area (Å²) in [6, 6.07) is 0. The molecular formula is C9H24N2O. The van der Waals surface area contributed by atoms with Crippen molar-refractivity contribution in [2.75, 3.05) is 47.4 Å². The summed E-state index contributed by atoms with van der Waals surface area (Å²) in [6.07, 6.45) is 0. The lowest BCUT2D eigenvalue weighted by molar-refractivity contribution is 0.162. The van der Waals surface area contributed by atoms with Crippen molar-refractivity contribution < 1.29 is 4.74 Å². The Morgan fingerprint density at radius 1 is 1.17 bits per heavy atom. The van der Waals surface area contributed by atoms with E-state index in [1.54, 1.807) is 0 Å². The van der Waals surface area contributed by atoms with Gasteiger partial charge in [0.2, 0.25) is 0 Å². The Kier molecular flexibility index (Phi) is 16.2. The van der Waals surface area contributed by atoms with Crippen LogP contribution in [0.2, 0.25) is 0 Å². The van der Waals surface area contributed by atoms with Crippen LogP contribution in [0.4, 0.5) is 0 Å². The van der Waals surface area contributed by atoms with E-state index < -0.39 is 0 Å². The van der Waals surface area contributed by atoms with E-state index in [4.69, 9.17) is 4.74 Å². The van der Waals surface area contributed by atoms with Crippen LogP contribution in [0.25, 0.3) is 0 Å². The Morgan fingerprint density at radius 3 is 1.75 bits per heavy atom. The summed E-state index contributed by atoms with van der Waals surface area (Å²) in [7, 11) is 6.10. The first kappa shape index (κ1) is 14.4. The van der Waals surface area contributed by atoms with E-state index in [0.717, 1.165) is 26.3 Å². The van der Waals surface area contributed by atoms with Gasteiger partial charge < -0.3 is 15.0 Å². The lowest BCUT2D eigenvalue weighted by atomic mass is 10.6. The van der Waals surface area contributed by atoms with E-state index >= 15 is 0 Å². The molecule has 0 fully saturated rings. The lowest BCUT2D eigenvalue weighted by Gasteiger charge is -2.06. The maximum Gasteiger partial charge on any atom is 0.0437 e. The molecule has 3 nitrogen and oxygen atoms in total. The second-order valence-corrected chi connectivity index (χ2v) is 2.69. The van der Waals surface area contributed by atoms with Crippen LogP contribution in [0.3, 0.4) is 0 Å². The summed E-state index contributed by atoms with van der Waals surface area (Å²) in [5.74, 6) is 0. The van der Waals surface area contributed by atoms with Crippen LogP contribution in [0.15, 0.2) is 0 Å². The van der Waals surface area contributed by atoms with Gasteiger partial charge in [0.1, 0.15) is 0 Å². The van der Waals surface area contributed by atoms with Crippen molar-refractivity contribution in [1.82, 2.24) is 10.2 Å². The summed E-state index contributed by atoms with van der Waals surface area (Å²) < 4.78 is 4.83. The highest BCUT2D eigenvalue weighted by Crippen LogP contribution is 1.66. The van der Waals surface area contributed by atoms with Gasteiger partial charge in [-0.1, -0.05) is 0 Å². The molecule has 76 valence electrons. The Hall–Kier alpha value is -0.120. The zero-order valence-electron chi connectivity index (χ0n) is 9.18. The molecule has 0 radical (unpaired) electrons. The van der Waals surface area contributed by atoms with Gasteiger partial charge in [-0.05, 0) is 35.0 Å². The number of hydrogen-bond donors (Lipinski definition) is 1. The van der Waals surface area contributed by atoms with Crippen LogP contribution in [-0.4, -0.2) is 52.3 Å². The minimum absolute atomic E-state index is 0.844. The third-order valence-electron chi connectivity index (χ3n) is 1.22. The van der Waals surface area contributed by atoms with Gasteiger partial charge in [-0.25, -0.2) is 0 Å². The molecule has 0 heterocycles. The van der Waals surface area contributed by atoms with Crippen molar-refractivity contribution in [1.29, 1.82) is 0 Å². The summed E-state index contributed by atoms with van der Waals surface area (Å²) in [5, 5.41) is 3.06. The van der Waals surface area contributed by atoms with E-state index in [1.807, 2.05) is 20.9 Å². The Morgan fingerprint density at radius 2 is 1.67 bits per heavy atom. The Labute approximate surface area is 77.1 Å². The molecule has 0 bridgehead atoms. The molecular weight excluding hydrogens is 152 g/mol. The monoisotopic (exact) mass is 176 g/mol. The van der Waals surface area contributed by atoms with Crippen LogP contribution in [0.5, 0.6) is 0 Å². The average molecular weight is 176 g/mol. The third-order valence-corrected chi connectivity index (χ3v) is 1.22. The van der Waals surface area contributed by atoms with Crippen LogP contribution >= 0.6 is 0 Å². The van der Waals surface area contributed by atoms with Crippen molar-refractivity contribution in [3.05, 3.63) is 0 Å². The predicted molar refractivity (Wildman–Crippen MR) is 54.6 cm³/mol. The molecule has 0 aromatic carbocycles. The first-order valence-electron chi connectivity index (χ1n) is 4.56. The van der Waals surface area contributed by atoms with Crippen LogP contribution in [0, 0.1) is 0 Å². The molecule has 0 unspecified atom stereocenters. The van der Waals surface area contributed by atoms with Gasteiger partial charge in [0.05, 0.1) is 0 Å². The quantitative estimate of drug-likeness (QED) is 0.671. The van der Waals surface area contributed by atoms with Gasteiger partial charge >= 0.3 is 0 Å². The molecule has 0 rings (SSSR count). The van der Waals surface area contributed by atoms with Gasteiger partial charge in [0.15, 0.2) is 0 Å². The molecule has 0 saturated carbocycles. The first-order valence-corrected chi connectivity index (χ1v) is 4.56. The fraction of sp³-hybridized carbons (Fsp3) is 1.00. The van der Waals surface area contributed by atoms with Crippen molar-refractivity contribution >= 4 is 0 Å². The van der Waals surface area contributed by atoms with Gasteiger partial charge in [0.25, 0.3) is 0 Å². The number of likely N-dealkylation sites (N-methyl/N-ethyl adjacent to an activating group) is 2. The highest BCUT2D eigenvalue weighted by Gasteiger charge is 1.82. The summed E-state index contributed by atoms with van der Waals surface area (Å²) >= 11 is 0. The third kappa shape index (κ3) is 22.5. The number of nitrogens with one attached hydrogen (secondary N) is 1. The second kappa shape index (κ2) is 13.5. The van der Waals surface area contributed by atoms with Crippen molar-refractivity contribution in [3.8, 4) is 0 Å². The summed E-state index contributed by atoms with van der Waals surface area (Å²) in [4.78, 5) is 2.15. The SMILES string of the molecule is CCOCC.CNCCN(C)C. The van der Waals surface area contributed by atoms with E-state index in [2.05, 4.69) is 24.3 Å². The topological polar surface area (TPSA) is 24.5 Å². The lowest BCUT2D eigenvalue weighted by Crippen LogP contribution is -2.23. The van der Waals surface area contributed by atoms with Crippen molar-refractivity contribution in [2.24, 2.45) is 0 Å². The van der Waals surface area contributed by atoms with Crippen LogP contribution < -0.4 is 5.32 Å². The maximum absolute atomic E-state index is 4.83. The van der Waals surface area contributed by atoms with Crippen LogP contribution in [-0.2, 0) is 4.74 Å². The maximum atomic E-state index is 4.83. The Bertz CT molecular complexity index is 65.5. The van der Waals surface area contributed by atoms with Gasteiger partial charge in [-0.2, -0.15) is 0 Å². The van der Waals surface area contributed by atoms with E-state index in [1.165, 1.54) is 0 Å². The zero-order valence-corrected chi connectivity index (χ0v) is 9.18. The molecule has 1 N–H and O–H groups in total. The average Bonchev–Trinajstić information content (AvgIpc) is 2.03. The standard InChI is InChI=1S/C5H14N2.C4H10O/c1-6-4-5-7(2)3;1-3-5-4-2/h6H,4-5H2,1-3H3;3-4H2,1-2H3. The highest BCUT2D eigenvalue weighted by atomic mass is 16.5. The summed E-state index contributed by atoms with van der Waals surface area (Å²) in [6.45, 7) is 7.86. The molecule has 0 spiro atoms. The number of hydrogen-bond acceptors (Lipinski definition) is 3. The number of ether oxygens (including phenoxy) is 1. The van der Waals surface area contributed by atoms with Crippen LogP contribution in [0.1, 0.15) is 13.8 Å². The minimum atomic E-state index is 0.844. The second-order valence-electron chi connectivity index (χ2n) is 2.69. The molecule has 0 aliphatic carbocycles. The van der Waals surface area contributed by atoms with Gasteiger partial charge in [-0.3, -0.25) is 0 Å². The summed E-state index contributed by atoms with van der Waals surface area (Å²) in [5.41, 5.74) is 0. The Balaban J connectivity index is 0. The smallest absolute Gasteiger partial charge is 0.0437 e. The van der Waals surface area contributed by atoms with E-state index in [9.17, 15) is 0 Å². The first-order chi connectivity index (χ1) is 5.68. The highest BCUT2D eigenvalue weighted by molar-refractivity contribution is 4.42. The molecule has 0 aromatic heterocycles. The van der Waals surface area contributed by atoms with E-state index in [0.29, 0.717) is 0 Å². The van der Waals surface area contributed by atoms with Gasteiger partial charge in [0, 0.05) is 26.3 Å². The molecule has 12 heavy (non-hydrogen) atoms. The fourth-order valence-electron chi connectivity index (χ4n) is 0.540. The van der Waals surface area contributed by atoms with E-state index in [-0.39, 0.29) is 0 Å². The molecule has 0 aromatic rings. The van der Waals surface area contributed by atoms with Gasteiger partial charge in [-0.15, -0.1) is 0 Å². The molecule has 0 amide bonds. The largest absolute Gasteiger partial charge is 0.382 e. The zero-order chi connectivity index (χ0) is 9.82.